The highest BCUT2D eigenvalue weighted by molar-refractivity contribution is 6.04. The molecule has 1 atom stereocenters. The third kappa shape index (κ3) is 2.03. The van der Waals surface area contributed by atoms with E-state index in [1.54, 1.807) is 6.07 Å². The van der Waals surface area contributed by atoms with Gasteiger partial charge in [0.2, 0.25) is 5.78 Å². The zero-order chi connectivity index (χ0) is 14.3. The molecule has 0 amide bonds. The molecule has 20 heavy (non-hydrogen) atoms. The van der Waals surface area contributed by atoms with Gasteiger partial charge in [-0.25, -0.2) is 0 Å². The van der Waals surface area contributed by atoms with E-state index >= 15 is 0 Å². The van der Waals surface area contributed by atoms with Gasteiger partial charge in [0.25, 0.3) is 0 Å². The smallest absolute Gasteiger partial charge is 0.207 e. The maximum absolute atomic E-state index is 12.1. The monoisotopic (exact) mass is 272 g/mol. The molecule has 5 nitrogen and oxygen atoms in total. The number of rotatable bonds is 2. The molecule has 0 saturated heterocycles. The molecule has 0 bridgehead atoms. The van der Waals surface area contributed by atoms with E-state index in [1.165, 1.54) is 30.3 Å². The van der Waals surface area contributed by atoms with E-state index < -0.39 is 6.10 Å². The van der Waals surface area contributed by atoms with Crippen LogP contribution in [0.25, 0.3) is 0 Å². The Labute approximate surface area is 114 Å². The Balaban J connectivity index is 1.83. The summed E-state index contributed by atoms with van der Waals surface area (Å²) in [5, 5.41) is 28.1. The van der Waals surface area contributed by atoms with Crippen molar-refractivity contribution in [3.8, 4) is 23.0 Å². The van der Waals surface area contributed by atoms with Crippen LogP contribution in [0.5, 0.6) is 23.0 Å². The van der Waals surface area contributed by atoms with Crippen LogP contribution in [0.15, 0.2) is 36.4 Å². The number of benzene rings is 2. The van der Waals surface area contributed by atoms with Gasteiger partial charge in [-0.15, -0.1) is 0 Å². The second-order valence-corrected chi connectivity index (χ2v) is 4.68. The number of fused-ring (bicyclic) bond motifs is 1. The lowest BCUT2D eigenvalue weighted by Crippen LogP contribution is -2.23. The molecular formula is C15H12O5. The largest absolute Gasteiger partial charge is 0.508 e. The number of phenolic OH excluding ortho intramolecular Hbond substituents is 3. The zero-order valence-corrected chi connectivity index (χ0v) is 10.4. The first-order valence-corrected chi connectivity index (χ1v) is 6.09. The number of aromatic hydroxyl groups is 3. The molecule has 0 unspecified atom stereocenters. The number of hydrogen-bond acceptors (Lipinski definition) is 5. The summed E-state index contributed by atoms with van der Waals surface area (Å²) in [6, 6.07) is 8.75. The maximum Gasteiger partial charge on any atom is 0.207 e. The Morgan fingerprint density at radius 3 is 2.55 bits per heavy atom. The van der Waals surface area contributed by atoms with E-state index in [-0.39, 0.29) is 29.5 Å². The van der Waals surface area contributed by atoms with Crippen molar-refractivity contribution in [1.29, 1.82) is 0 Å². The first-order valence-electron chi connectivity index (χ1n) is 6.09. The van der Waals surface area contributed by atoms with Crippen LogP contribution in [-0.4, -0.2) is 27.2 Å². The highest BCUT2D eigenvalue weighted by atomic mass is 16.5. The molecule has 0 saturated carbocycles. The van der Waals surface area contributed by atoms with E-state index in [9.17, 15) is 20.1 Å². The predicted molar refractivity (Wildman–Crippen MR) is 70.3 cm³/mol. The van der Waals surface area contributed by atoms with Crippen molar-refractivity contribution in [3.63, 3.8) is 0 Å². The Morgan fingerprint density at radius 1 is 1.00 bits per heavy atom. The molecule has 2 aromatic rings. The Morgan fingerprint density at radius 2 is 1.80 bits per heavy atom. The molecule has 1 aliphatic heterocycles. The molecule has 1 heterocycles. The topological polar surface area (TPSA) is 87.0 Å². The van der Waals surface area contributed by atoms with Gasteiger partial charge in [0.05, 0.1) is 5.56 Å². The van der Waals surface area contributed by atoms with Gasteiger partial charge in [-0.2, -0.15) is 0 Å². The Bertz CT molecular complexity index is 693. The summed E-state index contributed by atoms with van der Waals surface area (Å²) in [5.74, 6) is -0.196. The normalized spacial score (nSPS) is 16.8. The lowest BCUT2D eigenvalue weighted by Gasteiger charge is -2.10. The summed E-state index contributed by atoms with van der Waals surface area (Å²) in [6.45, 7) is 0. The fourth-order valence-corrected chi connectivity index (χ4v) is 2.24. The van der Waals surface area contributed by atoms with Gasteiger partial charge in [0, 0.05) is 12.5 Å². The predicted octanol–water partition coefficient (Wildman–Crippen LogP) is 1.99. The van der Waals surface area contributed by atoms with E-state index in [2.05, 4.69) is 0 Å². The third-order valence-corrected chi connectivity index (χ3v) is 3.25. The van der Waals surface area contributed by atoms with Gasteiger partial charge in [0.1, 0.15) is 11.5 Å². The fourth-order valence-electron chi connectivity index (χ4n) is 2.24. The van der Waals surface area contributed by atoms with Crippen LogP contribution < -0.4 is 4.74 Å². The minimum absolute atomic E-state index is 0.0412. The molecule has 0 aromatic heterocycles. The summed E-state index contributed by atoms with van der Waals surface area (Å²) in [7, 11) is 0. The molecule has 3 rings (SSSR count). The highest BCUT2D eigenvalue weighted by Crippen LogP contribution is 2.34. The average Bonchev–Trinajstić information content (AvgIpc) is 2.70. The number of ether oxygens (including phenoxy) is 1. The molecule has 0 radical (unpaired) electrons. The van der Waals surface area contributed by atoms with Crippen molar-refractivity contribution < 1.29 is 24.9 Å². The summed E-state index contributed by atoms with van der Waals surface area (Å²) >= 11 is 0. The molecule has 0 aliphatic carbocycles. The van der Waals surface area contributed by atoms with Gasteiger partial charge in [0.15, 0.2) is 17.6 Å². The van der Waals surface area contributed by atoms with Gasteiger partial charge in [-0.3, -0.25) is 4.79 Å². The summed E-state index contributed by atoms with van der Waals surface area (Å²) in [4.78, 5) is 12.1. The van der Waals surface area contributed by atoms with Crippen molar-refractivity contribution in [3.05, 3.63) is 47.5 Å². The number of hydrogen-bond donors (Lipinski definition) is 3. The molecule has 0 fully saturated rings. The van der Waals surface area contributed by atoms with Crippen LogP contribution in [0.3, 0.4) is 0 Å². The standard InChI is InChI=1S/C15H12O5/c16-9-2-3-10-13(7-9)20-14(15(10)19)6-8-1-4-11(17)12(18)5-8/h1-5,7,14,16-18H,6H2/t14-/m0/s1. The minimum atomic E-state index is -0.684. The van der Waals surface area contributed by atoms with Gasteiger partial charge in [-0.05, 0) is 29.8 Å². The van der Waals surface area contributed by atoms with Crippen LogP contribution >= 0.6 is 0 Å². The van der Waals surface area contributed by atoms with Crippen LogP contribution in [0.1, 0.15) is 15.9 Å². The van der Waals surface area contributed by atoms with Crippen molar-refractivity contribution in [2.45, 2.75) is 12.5 Å². The second kappa shape index (κ2) is 4.45. The van der Waals surface area contributed by atoms with Crippen LogP contribution in [0.4, 0.5) is 0 Å². The number of carbonyl (C=O) groups excluding carboxylic acids is 1. The second-order valence-electron chi connectivity index (χ2n) is 4.68. The van der Waals surface area contributed by atoms with Crippen molar-refractivity contribution >= 4 is 5.78 Å². The minimum Gasteiger partial charge on any atom is -0.508 e. The Kier molecular flexibility index (Phi) is 2.75. The Hall–Kier alpha value is -2.69. The maximum atomic E-state index is 12.1. The zero-order valence-electron chi connectivity index (χ0n) is 10.4. The molecule has 102 valence electrons. The lowest BCUT2D eigenvalue weighted by atomic mass is 10.0. The molecule has 3 N–H and O–H groups in total. The summed E-state index contributed by atoms with van der Waals surface area (Å²) < 4.78 is 5.52. The highest BCUT2D eigenvalue weighted by Gasteiger charge is 2.32. The first kappa shape index (κ1) is 12.3. The first-order chi connectivity index (χ1) is 9.54. The van der Waals surface area contributed by atoms with Gasteiger partial charge < -0.3 is 20.1 Å². The summed E-state index contributed by atoms with van der Waals surface area (Å²) in [6.07, 6.45) is -0.405. The van der Waals surface area contributed by atoms with Crippen molar-refractivity contribution in [1.82, 2.24) is 0 Å². The molecular weight excluding hydrogens is 260 g/mol. The van der Waals surface area contributed by atoms with Gasteiger partial charge in [-0.1, -0.05) is 6.07 Å². The van der Waals surface area contributed by atoms with Crippen molar-refractivity contribution in [2.75, 3.05) is 0 Å². The van der Waals surface area contributed by atoms with Crippen LogP contribution in [0.2, 0.25) is 0 Å². The van der Waals surface area contributed by atoms with Gasteiger partial charge >= 0.3 is 0 Å². The van der Waals surface area contributed by atoms with Crippen LogP contribution in [0, 0.1) is 0 Å². The quantitative estimate of drug-likeness (QED) is 0.728. The molecule has 1 aliphatic rings. The van der Waals surface area contributed by atoms with E-state index in [0.717, 1.165) is 0 Å². The summed E-state index contributed by atoms with van der Waals surface area (Å²) in [5.41, 5.74) is 1.12. The number of ketones is 1. The number of carbonyl (C=O) groups is 1. The van der Waals surface area contributed by atoms with E-state index in [4.69, 9.17) is 4.74 Å². The van der Waals surface area contributed by atoms with E-state index in [1.807, 2.05) is 0 Å². The number of Topliss-reactive ketones (excluding diaryl/α,β-unsaturated/α-hetero) is 1. The van der Waals surface area contributed by atoms with Crippen molar-refractivity contribution in [2.24, 2.45) is 0 Å². The average molecular weight is 272 g/mol. The van der Waals surface area contributed by atoms with Crippen LogP contribution in [-0.2, 0) is 6.42 Å². The third-order valence-electron chi connectivity index (χ3n) is 3.25. The number of phenols is 3. The lowest BCUT2D eigenvalue weighted by molar-refractivity contribution is 0.0857. The van der Waals surface area contributed by atoms with E-state index in [0.29, 0.717) is 16.9 Å². The fraction of sp³-hybridized carbons (Fsp3) is 0.133. The SMILES string of the molecule is O=C1c2ccc(O)cc2O[C@H]1Cc1ccc(O)c(O)c1. The molecule has 5 heteroatoms. The molecule has 0 spiro atoms. The molecule has 2 aromatic carbocycles.